The second-order valence-corrected chi connectivity index (χ2v) is 4.55. The third-order valence-electron chi connectivity index (χ3n) is 3.00. The summed E-state index contributed by atoms with van der Waals surface area (Å²) < 4.78 is 0. The van der Waals surface area contributed by atoms with Crippen molar-refractivity contribution in [1.82, 2.24) is 15.5 Å². The van der Waals surface area contributed by atoms with E-state index in [-0.39, 0.29) is 13.0 Å². The molecule has 0 aliphatic carbocycles. The number of rotatable bonds is 6. The Bertz CT molecular complexity index is 410. The molecule has 1 heterocycles. The highest BCUT2D eigenvalue weighted by Gasteiger charge is 2.35. The highest BCUT2D eigenvalue weighted by molar-refractivity contribution is 6.04. The van der Waals surface area contributed by atoms with Crippen LogP contribution in [0.4, 0.5) is 4.79 Å². The van der Waals surface area contributed by atoms with Gasteiger partial charge in [-0.2, -0.15) is 0 Å². The van der Waals surface area contributed by atoms with Gasteiger partial charge in [-0.15, -0.1) is 0 Å². The maximum atomic E-state index is 11.9. The van der Waals surface area contributed by atoms with E-state index in [0.717, 1.165) is 0 Å². The third-order valence-corrected chi connectivity index (χ3v) is 3.00. The molecular formula is C12H19N3O5. The summed E-state index contributed by atoms with van der Waals surface area (Å²) in [6.45, 7) is 1.92. The highest BCUT2D eigenvalue weighted by atomic mass is 16.4. The molecule has 4 amide bonds. The van der Waals surface area contributed by atoms with Gasteiger partial charge in [-0.05, 0) is 19.3 Å². The van der Waals surface area contributed by atoms with Gasteiger partial charge in [0.05, 0.1) is 0 Å². The van der Waals surface area contributed by atoms with Crippen LogP contribution in [0.3, 0.4) is 0 Å². The van der Waals surface area contributed by atoms with E-state index in [1.165, 1.54) is 4.90 Å². The minimum atomic E-state index is -0.874. The molecule has 8 nitrogen and oxygen atoms in total. The lowest BCUT2D eigenvalue weighted by molar-refractivity contribution is -0.139. The summed E-state index contributed by atoms with van der Waals surface area (Å²) in [6, 6.07) is -1.12. The van der Waals surface area contributed by atoms with Crippen molar-refractivity contribution in [2.24, 2.45) is 0 Å². The fraction of sp³-hybridized carbons (Fsp3) is 0.667. The number of carboxylic acid groups (broad SMARTS) is 1. The number of nitrogens with zero attached hydrogens (tertiary/aromatic N) is 1. The van der Waals surface area contributed by atoms with Gasteiger partial charge < -0.3 is 15.3 Å². The number of urea groups is 1. The summed E-state index contributed by atoms with van der Waals surface area (Å²) in [5.41, 5.74) is 0. The zero-order valence-electron chi connectivity index (χ0n) is 11.3. The third kappa shape index (κ3) is 4.52. The standard InChI is InChI=1S/C12H19N3O5/c1-2-8-11(19)14-9(16)7-15(8)12(20)13-6-4-3-5-10(17)18/h8H,2-7H2,1H3,(H,13,20)(H,17,18)(H,14,16,19). The van der Waals surface area contributed by atoms with Crippen LogP contribution in [0.5, 0.6) is 0 Å². The molecule has 0 aromatic rings. The van der Waals surface area contributed by atoms with Crippen LogP contribution in [0.1, 0.15) is 32.6 Å². The molecule has 1 saturated heterocycles. The molecule has 0 saturated carbocycles. The maximum absolute atomic E-state index is 11.9. The van der Waals surface area contributed by atoms with Crippen LogP contribution in [0.15, 0.2) is 0 Å². The van der Waals surface area contributed by atoms with Crippen LogP contribution in [0.2, 0.25) is 0 Å². The molecule has 1 unspecified atom stereocenters. The number of carboxylic acids is 1. The van der Waals surface area contributed by atoms with Crippen molar-refractivity contribution in [3.8, 4) is 0 Å². The number of hydrogen-bond donors (Lipinski definition) is 3. The first-order valence-corrected chi connectivity index (χ1v) is 6.55. The molecule has 8 heteroatoms. The lowest BCUT2D eigenvalue weighted by Crippen LogP contribution is -2.61. The second-order valence-electron chi connectivity index (χ2n) is 4.55. The minimum absolute atomic E-state index is 0.0536. The van der Waals surface area contributed by atoms with Crippen LogP contribution < -0.4 is 10.6 Å². The molecule has 0 spiro atoms. The lowest BCUT2D eigenvalue weighted by atomic mass is 10.1. The lowest BCUT2D eigenvalue weighted by Gasteiger charge is -2.33. The molecule has 0 radical (unpaired) electrons. The van der Waals surface area contributed by atoms with Crippen molar-refractivity contribution in [3.63, 3.8) is 0 Å². The summed E-state index contributed by atoms with van der Waals surface area (Å²) in [6.07, 6.45) is 1.47. The zero-order chi connectivity index (χ0) is 15.1. The van der Waals surface area contributed by atoms with Crippen molar-refractivity contribution in [2.75, 3.05) is 13.1 Å². The Labute approximate surface area is 116 Å². The molecule has 1 rings (SSSR count). The fourth-order valence-corrected chi connectivity index (χ4v) is 1.98. The predicted octanol–water partition coefficient (Wildman–Crippen LogP) is -0.312. The largest absolute Gasteiger partial charge is 0.481 e. The number of piperazine rings is 1. The number of amides is 4. The summed E-state index contributed by atoms with van der Waals surface area (Å²) in [5.74, 6) is -1.84. The van der Waals surface area contributed by atoms with Crippen molar-refractivity contribution >= 4 is 23.8 Å². The van der Waals surface area contributed by atoms with Crippen molar-refractivity contribution < 1.29 is 24.3 Å². The van der Waals surface area contributed by atoms with Crippen LogP contribution >= 0.6 is 0 Å². The summed E-state index contributed by atoms with van der Waals surface area (Å²) in [4.78, 5) is 46.3. The number of nitrogens with one attached hydrogen (secondary N) is 2. The van der Waals surface area contributed by atoms with E-state index in [9.17, 15) is 19.2 Å². The molecule has 1 aliphatic rings. The van der Waals surface area contributed by atoms with E-state index in [1.54, 1.807) is 6.92 Å². The molecule has 1 aliphatic heterocycles. The van der Waals surface area contributed by atoms with Gasteiger partial charge >= 0.3 is 12.0 Å². The molecule has 1 fully saturated rings. The molecule has 0 bridgehead atoms. The summed E-state index contributed by atoms with van der Waals surface area (Å²) in [7, 11) is 0. The molecule has 20 heavy (non-hydrogen) atoms. The number of imide groups is 1. The quantitative estimate of drug-likeness (QED) is 0.457. The second kappa shape index (κ2) is 7.46. The number of carbonyl (C=O) groups excluding carboxylic acids is 3. The van der Waals surface area contributed by atoms with Gasteiger partial charge in [-0.1, -0.05) is 6.92 Å². The minimum Gasteiger partial charge on any atom is -0.481 e. The van der Waals surface area contributed by atoms with Crippen LogP contribution in [0.25, 0.3) is 0 Å². The molecule has 0 aromatic heterocycles. The van der Waals surface area contributed by atoms with Gasteiger partial charge in [0.25, 0.3) is 0 Å². The summed E-state index contributed by atoms with van der Waals surface area (Å²) >= 11 is 0. The van der Waals surface area contributed by atoms with Gasteiger partial charge in [0.15, 0.2) is 0 Å². The van der Waals surface area contributed by atoms with Crippen molar-refractivity contribution in [3.05, 3.63) is 0 Å². The Morgan fingerprint density at radius 3 is 2.70 bits per heavy atom. The molecule has 1 atom stereocenters. The Morgan fingerprint density at radius 1 is 1.40 bits per heavy atom. The van der Waals surface area contributed by atoms with Crippen molar-refractivity contribution in [2.45, 2.75) is 38.6 Å². The predicted molar refractivity (Wildman–Crippen MR) is 68.8 cm³/mol. The normalized spacial score (nSPS) is 18.6. The van der Waals surface area contributed by atoms with E-state index in [1.807, 2.05) is 0 Å². The molecule has 0 aromatic carbocycles. The highest BCUT2D eigenvalue weighted by Crippen LogP contribution is 2.09. The first-order valence-electron chi connectivity index (χ1n) is 6.55. The smallest absolute Gasteiger partial charge is 0.318 e. The molecular weight excluding hydrogens is 266 g/mol. The topological polar surface area (TPSA) is 116 Å². The van der Waals surface area contributed by atoms with Gasteiger partial charge in [0, 0.05) is 13.0 Å². The summed E-state index contributed by atoms with van der Waals surface area (Å²) in [5, 5.41) is 13.3. The molecule has 112 valence electrons. The fourth-order valence-electron chi connectivity index (χ4n) is 1.98. The van der Waals surface area contributed by atoms with Crippen LogP contribution in [-0.2, 0) is 14.4 Å². The number of carbonyl (C=O) groups is 4. The van der Waals surface area contributed by atoms with Gasteiger partial charge in [-0.25, -0.2) is 4.79 Å². The number of aliphatic carboxylic acids is 1. The zero-order valence-corrected chi connectivity index (χ0v) is 11.3. The van der Waals surface area contributed by atoms with E-state index in [0.29, 0.717) is 25.8 Å². The number of unbranched alkanes of at least 4 members (excludes halogenated alkanes) is 1. The van der Waals surface area contributed by atoms with Gasteiger partial charge in [0.2, 0.25) is 11.8 Å². The van der Waals surface area contributed by atoms with Crippen molar-refractivity contribution in [1.29, 1.82) is 0 Å². The van der Waals surface area contributed by atoms with Gasteiger partial charge in [0.1, 0.15) is 12.6 Å². The first-order chi connectivity index (χ1) is 9.45. The van der Waals surface area contributed by atoms with Crippen LogP contribution in [-0.4, -0.2) is 53.0 Å². The molecule has 3 N–H and O–H groups in total. The maximum Gasteiger partial charge on any atom is 0.318 e. The first kappa shape index (κ1) is 15.9. The Balaban J connectivity index is 2.42. The van der Waals surface area contributed by atoms with Gasteiger partial charge in [-0.3, -0.25) is 19.7 Å². The van der Waals surface area contributed by atoms with Crippen LogP contribution in [0, 0.1) is 0 Å². The Hall–Kier alpha value is -2.12. The Morgan fingerprint density at radius 2 is 2.10 bits per heavy atom. The monoisotopic (exact) mass is 285 g/mol. The average molecular weight is 285 g/mol. The van der Waals surface area contributed by atoms with E-state index in [2.05, 4.69) is 10.6 Å². The van der Waals surface area contributed by atoms with E-state index < -0.39 is 29.9 Å². The van der Waals surface area contributed by atoms with E-state index in [4.69, 9.17) is 5.11 Å². The SMILES string of the molecule is CCC1C(=O)NC(=O)CN1C(=O)NCCCCC(=O)O. The number of hydrogen-bond acceptors (Lipinski definition) is 4. The van der Waals surface area contributed by atoms with E-state index >= 15 is 0 Å². The Kier molecular flexibility index (Phi) is 5.95. The average Bonchev–Trinajstić information content (AvgIpc) is 2.36.